The van der Waals surface area contributed by atoms with Crippen LogP contribution >= 0.6 is 0 Å². The van der Waals surface area contributed by atoms with Crippen LogP contribution in [0, 0.1) is 0 Å². The summed E-state index contributed by atoms with van der Waals surface area (Å²) in [4.78, 5) is 13.5. The fourth-order valence-electron chi connectivity index (χ4n) is 3.57. The van der Waals surface area contributed by atoms with Crippen LogP contribution in [0.15, 0.2) is 36.9 Å². The molecule has 28 heavy (non-hydrogen) atoms. The second kappa shape index (κ2) is 6.73. The van der Waals surface area contributed by atoms with Gasteiger partial charge in [-0.3, -0.25) is 10.1 Å². The molecule has 10 nitrogen and oxygen atoms in total. The zero-order valence-electron chi connectivity index (χ0n) is 15.4. The van der Waals surface area contributed by atoms with Gasteiger partial charge in [0.15, 0.2) is 11.6 Å². The Morgan fingerprint density at radius 2 is 2.07 bits per heavy atom. The van der Waals surface area contributed by atoms with E-state index in [0.29, 0.717) is 17.6 Å². The van der Waals surface area contributed by atoms with Crippen molar-refractivity contribution in [2.45, 2.75) is 31.4 Å². The number of hydrogen-bond donors (Lipinski definition) is 4. The smallest absolute Gasteiger partial charge is 0.225 e. The SMILES string of the molecule is Cn1cc(-c2ccc(N3NNc4cnc(N[C@H]5CC[C@H](O)C5)nc43)nc2)cn1. The molecule has 0 saturated heterocycles. The largest absolute Gasteiger partial charge is 0.393 e. The summed E-state index contributed by atoms with van der Waals surface area (Å²) in [6.45, 7) is 0. The Balaban J connectivity index is 1.37. The average Bonchev–Trinajstić information content (AvgIpc) is 3.42. The Hall–Kier alpha value is -3.24. The van der Waals surface area contributed by atoms with Gasteiger partial charge in [-0.15, -0.1) is 5.53 Å². The maximum absolute atomic E-state index is 9.71. The molecule has 4 heterocycles. The first kappa shape index (κ1) is 16.9. The predicted octanol–water partition coefficient (Wildman–Crippen LogP) is 1.58. The second-order valence-corrected chi connectivity index (χ2v) is 7.12. The highest BCUT2D eigenvalue weighted by molar-refractivity contribution is 5.75. The van der Waals surface area contributed by atoms with Gasteiger partial charge >= 0.3 is 0 Å². The van der Waals surface area contributed by atoms with Crippen LogP contribution in [0.5, 0.6) is 0 Å². The minimum Gasteiger partial charge on any atom is -0.393 e. The summed E-state index contributed by atoms with van der Waals surface area (Å²) in [6, 6.07) is 4.12. The van der Waals surface area contributed by atoms with Crippen LogP contribution in [-0.2, 0) is 7.05 Å². The average molecular weight is 379 g/mol. The Kier molecular flexibility index (Phi) is 4.06. The number of aliphatic hydroxyl groups is 1. The number of nitrogens with one attached hydrogen (secondary N) is 3. The summed E-state index contributed by atoms with van der Waals surface area (Å²) in [6.07, 6.45) is 9.51. The van der Waals surface area contributed by atoms with E-state index in [0.717, 1.165) is 36.1 Å². The molecule has 144 valence electrons. The van der Waals surface area contributed by atoms with Crippen molar-refractivity contribution in [1.29, 1.82) is 0 Å². The van der Waals surface area contributed by atoms with Gasteiger partial charge in [0.2, 0.25) is 5.95 Å². The van der Waals surface area contributed by atoms with E-state index < -0.39 is 0 Å². The number of nitrogens with zero attached hydrogens (tertiary/aromatic N) is 6. The van der Waals surface area contributed by atoms with Crippen molar-refractivity contribution < 1.29 is 5.11 Å². The number of rotatable bonds is 4. The van der Waals surface area contributed by atoms with Crippen molar-refractivity contribution >= 4 is 23.3 Å². The summed E-state index contributed by atoms with van der Waals surface area (Å²) < 4.78 is 1.76. The van der Waals surface area contributed by atoms with Crippen molar-refractivity contribution in [3.05, 3.63) is 36.9 Å². The van der Waals surface area contributed by atoms with E-state index in [2.05, 4.69) is 36.3 Å². The van der Waals surface area contributed by atoms with Crippen molar-refractivity contribution in [1.82, 2.24) is 30.3 Å². The lowest BCUT2D eigenvalue weighted by Crippen LogP contribution is -2.32. The number of pyridine rings is 1. The van der Waals surface area contributed by atoms with E-state index in [1.807, 2.05) is 37.8 Å². The number of aliphatic hydroxyl groups excluding tert-OH is 1. The van der Waals surface area contributed by atoms with Gasteiger partial charge in [-0.1, -0.05) is 0 Å². The third-order valence-electron chi connectivity index (χ3n) is 5.04. The Morgan fingerprint density at radius 1 is 1.14 bits per heavy atom. The van der Waals surface area contributed by atoms with Gasteiger partial charge in [0.05, 0.1) is 18.5 Å². The zero-order chi connectivity index (χ0) is 19.1. The molecule has 5 rings (SSSR count). The molecule has 2 aliphatic rings. The molecule has 0 bridgehead atoms. The van der Waals surface area contributed by atoms with Crippen LogP contribution in [-0.4, -0.2) is 42.0 Å². The number of hydrazine groups is 2. The van der Waals surface area contributed by atoms with E-state index >= 15 is 0 Å². The molecular formula is C18H21N9O. The fraction of sp³-hybridized carbons (Fsp3) is 0.333. The molecule has 3 aromatic heterocycles. The topological polar surface area (TPSA) is 116 Å². The molecule has 4 N–H and O–H groups in total. The molecule has 1 aliphatic heterocycles. The molecule has 0 spiro atoms. The molecule has 1 aliphatic carbocycles. The van der Waals surface area contributed by atoms with Crippen LogP contribution < -0.4 is 21.3 Å². The number of aryl methyl sites for hydroxylation is 1. The molecule has 1 saturated carbocycles. The number of fused-ring (bicyclic) bond motifs is 1. The molecular weight excluding hydrogens is 358 g/mol. The van der Waals surface area contributed by atoms with Gasteiger partial charge in [0.1, 0.15) is 5.69 Å². The van der Waals surface area contributed by atoms with Gasteiger partial charge in [0.25, 0.3) is 0 Å². The second-order valence-electron chi connectivity index (χ2n) is 7.12. The number of aromatic nitrogens is 5. The van der Waals surface area contributed by atoms with E-state index in [1.54, 1.807) is 15.9 Å². The summed E-state index contributed by atoms with van der Waals surface area (Å²) in [5.41, 5.74) is 8.90. The molecule has 0 unspecified atom stereocenters. The van der Waals surface area contributed by atoms with Crippen molar-refractivity contribution in [2.75, 3.05) is 15.8 Å². The van der Waals surface area contributed by atoms with Crippen molar-refractivity contribution in [3.8, 4) is 11.1 Å². The van der Waals surface area contributed by atoms with Crippen molar-refractivity contribution in [2.24, 2.45) is 7.05 Å². The molecule has 1 fully saturated rings. The number of anilines is 4. The van der Waals surface area contributed by atoms with E-state index in [4.69, 9.17) is 0 Å². The Morgan fingerprint density at radius 3 is 2.79 bits per heavy atom. The Bertz CT molecular complexity index is 987. The first-order chi connectivity index (χ1) is 13.7. The minimum atomic E-state index is -0.241. The van der Waals surface area contributed by atoms with Gasteiger partial charge < -0.3 is 10.4 Å². The fourth-order valence-corrected chi connectivity index (χ4v) is 3.57. The summed E-state index contributed by atoms with van der Waals surface area (Å²) in [5, 5.41) is 19.0. The predicted molar refractivity (Wildman–Crippen MR) is 105 cm³/mol. The van der Waals surface area contributed by atoms with Crippen LogP contribution in [0.3, 0.4) is 0 Å². The first-order valence-corrected chi connectivity index (χ1v) is 9.24. The molecule has 10 heteroatoms. The quantitative estimate of drug-likeness (QED) is 0.536. The lowest BCUT2D eigenvalue weighted by molar-refractivity contribution is 0.182. The van der Waals surface area contributed by atoms with E-state index in [9.17, 15) is 5.11 Å². The third kappa shape index (κ3) is 3.12. The highest BCUT2D eigenvalue weighted by Gasteiger charge is 2.26. The standard InChI is InChI=1S/C18H21N9O/c1-26-10-12(8-21-26)11-2-5-16(19-7-11)27-17-15(24-25-27)9-20-18(23-17)22-13-3-4-14(28)6-13/h2,5,7-10,13-14,24-25,28H,3-4,6H2,1H3,(H,20,22,23)/t13-,14-/m0/s1. The summed E-state index contributed by atoms with van der Waals surface area (Å²) >= 11 is 0. The zero-order valence-corrected chi connectivity index (χ0v) is 15.4. The first-order valence-electron chi connectivity index (χ1n) is 9.24. The normalized spacial score (nSPS) is 20.9. The highest BCUT2D eigenvalue weighted by atomic mass is 16.3. The molecule has 0 radical (unpaired) electrons. The van der Waals surface area contributed by atoms with Crippen molar-refractivity contribution in [3.63, 3.8) is 0 Å². The van der Waals surface area contributed by atoms with Gasteiger partial charge in [-0.05, 0) is 31.4 Å². The van der Waals surface area contributed by atoms with Gasteiger partial charge in [0, 0.05) is 36.6 Å². The third-order valence-corrected chi connectivity index (χ3v) is 5.04. The molecule has 0 amide bonds. The maximum Gasteiger partial charge on any atom is 0.225 e. The Labute approximate surface area is 161 Å². The van der Waals surface area contributed by atoms with Crippen LogP contribution in [0.4, 0.5) is 23.3 Å². The lowest BCUT2D eigenvalue weighted by atomic mass is 10.2. The van der Waals surface area contributed by atoms with Crippen LogP contribution in [0.25, 0.3) is 11.1 Å². The van der Waals surface area contributed by atoms with Crippen LogP contribution in [0.1, 0.15) is 19.3 Å². The van der Waals surface area contributed by atoms with Gasteiger partial charge in [-0.25, -0.2) is 15.0 Å². The van der Waals surface area contributed by atoms with Crippen LogP contribution in [0.2, 0.25) is 0 Å². The van der Waals surface area contributed by atoms with Gasteiger partial charge in [-0.2, -0.15) is 10.1 Å². The summed E-state index contributed by atoms with van der Waals surface area (Å²) in [5.74, 6) is 1.94. The molecule has 0 aromatic carbocycles. The van der Waals surface area contributed by atoms with E-state index in [1.165, 1.54) is 0 Å². The minimum absolute atomic E-state index is 0.195. The number of hydrogen-bond acceptors (Lipinski definition) is 9. The monoisotopic (exact) mass is 379 g/mol. The summed E-state index contributed by atoms with van der Waals surface area (Å²) in [7, 11) is 1.89. The van der Waals surface area contributed by atoms with E-state index in [-0.39, 0.29) is 12.1 Å². The lowest BCUT2D eigenvalue weighted by Gasteiger charge is -2.17. The molecule has 3 aromatic rings. The molecule has 2 atom stereocenters. The highest BCUT2D eigenvalue weighted by Crippen LogP contribution is 2.33. The maximum atomic E-state index is 9.71.